The number of carbonyl (C=O) groups is 1. The van der Waals surface area contributed by atoms with Crippen molar-refractivity contribution in [3.05, 3.63) is 34.9 Å². The number of carboxylic acid groups (broad SMARTS) is 1. The molecule has 0 saturated carbocycles. The van der Waals surface area contributed by atoms with Gasteiger partial charge in [0.1, 0.15) is 17.2 Å². The maximum Gasteiger partial charge on any atom is 0.341 e. The second-order valence-corrected chi connectivity index (χ2v) is 3.24. The van der Waals surface area contributed by atoms with E-state index < -0.39 is 23.2 Å². The maximum atomic E-state index is 13.2. The Morgan fingerprint density at radius 2 is 1.94 bits per heavy atom. The van der Waals surface area contributed by atoms with Crippen LogP contribution in [-0.2, 0) is 0 Å². The molecule has 0 unspecified atom stereocenters. The summed E-state index contributed by atoms with van der Waals surface area (Å²) in [6, 6.07) is 1.77. The van der Waals surface area contributed by atoms with Crippen LogP contribution in [0.15, 0.2) is 12.1 Å². The fourth-order valence-electron chi connectivity index (χ4n) is 1.06. The molecule has 1 N–H and O–H groups in total. The minimum Gasteiger partial charge on any atom is -0.477 e. The van der Waals surface area contributed by atoms with E-state index in [0.29, 0.717) is 12.3 Å². The highest BCUT2D eigenvalue weighted by molar-refractivity contribution is 6.18. The summed E-state index contributed by atoms with van der Waals surface area (Å²) < 4.78 is 26.3. The average Bonchev–Trinajstić information content (AvgIpc) is 2.16. The zero-order chi connectivity index (χ0) is 12.1. The molecule has 1 aromatic carbocycles. The Hall–Kier alpha value is -1.60. The maximum absolute atomic E-state index is 13.2. The zero-order valence-corrected chi connectivity index (χ0v) is 8.81. The molecule has 2 nitrogen and oxygen atoms in total. The summed E-state index contributed by atoms with van der Waals surface area (Å²) in [5.74, 6) is 1.49. The van der Waals surface area contributed by atoms with Gasteiger partial charge in [-0.25, -0.2) is 13.6 Å². The number of aromatic carboxylic acids is 1. The molecule has 0 atom stereocenters. The average molecular weight is 245 g/mol. The van der Waals surface area contributed by atoms with Gasteiger partial charge in [0.15, 0.2) is 0 Å². The lowest BCUT2D eigenvalue weighted by atomic mass is 10.1. The molecule has 16 heavy (non-hydrogen) atoms. The molecule has 0 aliphatic heterocycles. The molecule has 5 heteroatoms. The van der Waals surface area contributed by atoms with Crippen LogP contribution in [0.2, 0.25) is 0 Å². The van der Waals surface area contributed by atoms with E-state index in [0.717, 1.165) is 12.1 Å². The van der Waals surface area contributed by atoms with E-state index in [1.807, 2.05) is 0 Å². The molecule has 0 saturated heterocycles. The normalized spacial score (nSPS) is 9.44. The molecule has 0 aromatic heterocycles. The van der Waals surface area contributed by atoms with Gasteiger partial charge < -0.3 is 5.11 Å². The van der Waals surface area contributed by atoms with E-state index in [1.165, 1.54) is 0 Å². The van der Waals surface area contributed by atoms with E-state index in [1.54, 1.807) is 0 Å². The third-order valence-corrected chi connectivity index (χ3v) is 1.90. The van der Waals surface area contributed by atoms with E-state index in [-0.39, 0.29) is 5.56 Å². The summed E-state index contributed by atoms with van der Waals surface area (Å²) in [4.78, 5) is 10.5. The van der Waals surface area contributed by atoms with Crippen LogP contribution < -0.4 is 0 Å². The van der Waals surface area contributed by atoms with Gasteiger partial charge in [0.2, 0.25) is 0 Å². The van der Waals surface area contributed by atoms with E-state index in [9.17, 15) is 13.6 Å². The van der Waals surface area contributed by atoms with Crippen molar-refractivity contribution in [3.8, 4) is 11.8 Å². The molecule has 1 rings (SSSR count). The predicted octanol–water partition coefficient (Wildman–Crippen LogP) is 2.64. The molecular formula is C11H7ClF2O2. The van der Waals surface area contributed by atoms with Crippen LogP contribution in [0.3, 0.4) is 0 Å². The standard InChI is InChI=1S/C11H7ClF2O2/c12-4-2-1-3-7-5-8(13)10(11(15)16)9(14)6-7/h5-6H,2,4H2,(H,15,16). The minimum atomic E-state index is -1.64. The van der Waals surface area contributed by atoms with Gasteiger partial charge in [-0.2, -0.15) is 0 Å². The SMILES string of the molecule is O=C(O)c1c(F)cc(C#CCCCl)cc1F. The smallest absolute Gasteiger partial charge is 0.341 e. The summed E-state index contributed by atoms with van der Waals surface area (Å²) >= 11 is 5.37. The summed E-state index contributed by atoms with van der Waals surface area (Å²) in [6.45, 7) is 0. The molecule has 0 aliphatic rings. The molecule has 0 heterocycles. The summed E-state index contributed by atoms with van der Waals surface area (Å²) in [5, 5.41) is 8.52. The Kier molecular flexibility index (Phi) is 4.27. The van der Waals surface area contributed by atoms with Crippen molar-refractivity contribution in [3.63, 3.8) is 0 Å². The van der Waals surface area contributed by atoms with Crippen molar-refractivity contribution in [1.82, 2.24) is 0 Å². The number of halogens is 3. The highest BCUT2D eigenvalue weighted by Crippen LogP contribution is 2.14. The third kappa shape index (κ3) is 2.94. The van der Waals surface area contributed by atoms with Crippen molar-refractivity contribution < 1.29 is 18.7 Å². The predicted molar refractivity (Wildman–Crippen MR) is 55.5 cm³/mol. The monoisotopic (exact) mass is 244 g/mol. The molecule has 84 valence electrons. The number of rotatable bonds is 2. The van der Waals surface area contributed by atoms with Crippen LogP contribution in [0, 0.1) is 23.5 Å². The largest absolute Gasteiger partial charge is 0.477 e. The Labute approximate surface area is 95.8 Å². The van der Waals surface area contributed by atoms with Crippen LogP contribution in [0.25, 0.3) is 0 Å². The third-order valence-electron chi connectivity index (χ3n) is 1.71. The quantitative estimate of drug-likeness (QED) is 0.641. The van der Waals surface area contributed by atoms with Gasteiger partial charge in [-0.3, -0.25) is 0 Å². The summed E-state index contributed by atoms with van der Waals surface area (Å²) in [6.07, 6.45) is 0.394. The highest BCUT2D eigenvalue weighted by atomic mass is 35.5. The summed E-state index contributed by atoms with van der Waals surface area (Å²) in [7, 11) is 0. The van der Waals surface area contributed by atoms with E-state index in [4.69, 9.17) is 16.7 Å². The second kappa shape index (κ2) is 5.47. The van der Waals surface area contributed by atoms with Crippen LogP contribution in [0.5, 0.6) is 0 Å². The first-order chi connectivity index (χ1) is 7.56. The van der Waals surface area contributed by atoms with Crippen molar-refractivity contribution in [2.75, 3.05) is 5.88 Å². The molecular weight excluding hydrogens is 238 g/mol. The number of hydrogen-bond acceptors (Lipinski definition) is 1. The van der Waals surface area contributed by atoms with E-state index in [2.05, 4.69) is 11.8 Å². The molecule has 0 fully saturated rings. The molecule has 0 aliphatic carbocycles. The Morgan fingerprint density at radius 3 is 2.38 bits per heavy atom. The Bertz CT molecular complexity index is 452. The van der Waals surface area contributed by atoms with E-state index >= 15 is 0 Å². The van der Waals surface area contributed by atoms with Gasteiger partial charge in [0.25, 0.3) is 0 Å². The molecule has 0 spiro atoms. The molecule has 0 bridgehead atoms. The number of hydrogen-bond donors (Lipinski definition) is 1. The lowest BCUT2D eigenvalue weighted by Gasteiger charge is -2.00. The van der Waals surface area contributed by atoms with Crippen LogP contribution in [0.4, 0.5) is 8.78 Å². The molecule has 1 aromatic rings. The first-order valence-electron chi connectivity index (χ1n) is 4.33. The van der Waals surface area contributed by atoms with Gasteiger partial charge in [-0.1, -0.05) is 11.8 Å². The first-order valence-corrected chi connectivity index (χ1v) is 4.87. The fourth-order valence-corrected chi connectivity index (χ4v) is 1.16. The highest BCUT2D eigenvalue weighted by Gasteiger charge is 2.16. The van der Waals surface area contributed by atoms with Gasteiger partial charge in [-0.05, 0) is 12.1 Å². The van der Waals surface area contributed by atoms with Gasteiger partial charge in [-0.15, -0.1) is 11.6 Å². The zero-order valence-electron chi connectivity index (χ0n) is 8.06. The van der Waals surface area contributed by atoms with Gasteiger partial charge in [0, 0.05) is 17.9 Å². The summed E-state index contributed by atoms with van der Waals surface area (Å²) in [5.41, 5.74) is -0.881. The number of alkyl halides is 1. The van der Waals surface area contributed by atoms with Crippen LogP contribution >= 0.6 is 11.6 Å². The topological polar surface area (TPSA) is 37.3 Å². The van der Waals surface area contributed by atoms with Gasteiger partial charge >= 0.3 is 5.97 Å². The molecule has 0 radical (unpaired) electrons. The number of carboxylic acids is 1. The molecule has 0 amide bonds. The Balaban J connectivity index is 3.11. The van der Waals surface area contributed by atoms with Crippen molar-refractivity contribution in [2.24, 2.45) is 0 Å². The Morgan fingerprint density at radius 1 is 1.38 bits per heavy atom. The lowest BCUT2D eigenvalue weighted by molar-refractivity contribution is 0.0686. The minimum absolute atomic E-state index is 0.0881. The lowest BCUT2D eigenvalue weighted by Crippen LogP contribution is -2.05. The second-order valence-electron chi connectivity index (χ2n) is 2.86. The van der Waals surface area contributed by atoms with Crippen LogP contribution in [-0.4, -0.2) is 17.0 Å². The van der Waals surface area contributed by atoms with Crippen molar-refractivity contribution in [2.45, 2.75) is 6.42 Å². The van der Waals surface area contributed by atoms with Crippen molar-refractivity contribution in [1.29, 1.82) is 0 Å². The first kappa shape index (κ1) is 12.5. The van der Waals surface area contributed by atoms with Gasteiger partial charge in [0.05, 0.1) is 0 Å². The van der Waals surface area contributed by atoms with Crippen molar-refractivity contribution >= 4 is 17.6 Å². The number of benzene rings is 1. The van der Waals surface area contributed by atoms with Crippen LogP contribution in [0.1, 0.15) is 22.3 Å². The fraction of sp³-hybridized carbons (Fsp3) is 0.182.